The van der Waals surface area contributed by atoms with Gasteiger partial charge in [-0.1, -0.05) is 27.2 Å². The highest BCUT2D eigenvalue weighted by molar-refractivity contribution is 5.74. The normalized spacial score (nSPS) is 13.9. The zero-order valence-electron chi connectivity index (χ0n) is 11.2. The third kappa shape index (κ3) is 7.60. The van der Waals surface area contributed by atoms with Gasteiger partial charge in [0, 0.05) is 26.6 Å². The van der Waals surface area contributed by atoms with Gasteiger partial charge >= 0.3 is 12.0 Å². The highest BCUT2D eigenvalue weighted by Gasteiger charge is 2.13. The Morgan fingerprint density at radius 3 is 2.35 bits per heavy atom. The summed E-state index contributed by atoms with van der Waals surface area (Å²) in [4.78, 5) is 23.7. The molecule has 100 valence electrons. The minimum Gasteiger partial charge on any atom is -0.481 e. The lowest BCUT2D eigenvalue weighted by molar-refractivity contribution is -0.137. The maximum absolute atomic E-state index is 11.7. The zero-order chi connectivity index (χ0) is 13.4. The Hall–Kier alpha value is -1.26. The smallest absolute Gasteiger partial charge is 0.317 e. The topological polar surface area (TPSA) is 69.6 Å². The number of nitrogens with one attached hydrogen (secondary N) is 1. The van der Waals surface area contributed by atoms with E-state index in [1.54, 1.807) is 11.9 Å². The summed E-state index contributed by atoms with van der Waals surface area (Å²) in [6.07, 6.45) is 1.11. The molecule has 2 atom stereocenters. The zero-order valence-corrected chi connectivity index (χ0v) is 11.2. The van der Waals surface area contributed by atoms with Crippen LogP contribution in [0.2, 0.25) is 0 Å². The van der Waals surface area contributed by atoms with Crippen LogP contribution < -0.4 is 5.32 Å². The van der Waals surface area contributed by atoms with E-state index in [2.05, 4.69) is 19.2 Å². The van der Waals surface area contributed by atoms with E-state index in [1.807, 2.05) is 6.92 Å². The Labute approximate surface area is 103 Å². The molecule has 0 spiro atoms. The molecule has 0 heterocycles. The number of urea groups is 1. The Bertz CT molecular complexity index is 256. The molecule has 0 aromatic rings. The SMILES string of the molecule is CCC(C)CN(C)C(=O)NCC(C)CC(=O)O. The standard InChI is InChI=1S/C12H24N2O3/c1-5-9(2)8-14(4)12(17)13-7-10(3)6-11(15)16/h9-10H,5-8H2,1-4H3,(H,13,17)(H,15,16). The number of nitrogens with zero attached hydrogens (tertiary/aromatic N) is 1. The number of hydrogen-bond donors (Lipinski definition) is 2. The number of hydrogen-bond acceptors (Lipinski definition) is 2. The molecule has 0 aliphatic carbocycles. The van der Waals surface area contributed by atoms with E-state index in [9.17, 15) is 9.59 Å². The van der Waals surface area contributed by atoms with E-state index >= 15 is 0 Å². The van der Waals surface area contributed by atoms with Gasteiger partial charge in [0.25, 0.3) is 0 Å². The molecule has 0 aromatic carbocycles. The molecule has 0 aliphatic heterocycles. The first-order valence-corrected chi connectivity index (χ1v) is 6.07. The van der Waals surface area contributed by atoms with Crippen molar-refractivity contribution in [2.75, 3.05) is 20.1 Å². The fraction of sp³-hybridized carbons (Fsp3) is 0.833. The lowest BCUT2D eigenvalue weighted by atomic mass is 10.1. The summed E-state index contributed by atoms with van der Waals surface area (Å²) in [6, 6.07) is -0.137. The second-order valence-corrected chi connectivity index (χ2v) is 4.78. The molecule has 0 radical (unpaired) electrons. The van der Waals surface area contributed by atoms with Crippen molar-refractivity contribution >= 4 is 12.0 Å². The molecular formula is C12H24N2O3. The van der Waals surface area contributed by atoms with Crippen molar-refractivity contribution in [3.8, 4) is 0 Å². The number of carboxylic acids is 1. The van der Waals surface area contributed by atoms with Crippen molar-refractivity contribution in [2.24, 2.45) is 11.8 Å². The average Bonchev–Trinajstić information content (AvgIpc) is 2.24. The maximum Gasteiger partial charge on any atom is 0.317 e. The Kier molecular flexibility index (Phi) is 7.34. The molecule has 0 aromatic heterocycles. The van der Waals surface area contributed by atoms with Crippen LogP contribution in [0.15, 0.2) is 0 Å². The van der Waals surface area contributed by atoms with Crippen LogP contribution in [0.3, 0.4) is 0 Å². The maximum atomic E-state index is 11.7. The van der Waals surface area contributed by atoms with Gasteiger partial charge in [-0.15, -0.1) is 0 Å². The van der Waals surface area contributed by atoms with Gasteiger partial charge in [0.15, 0.2) is 0 Å². The fourth-order valence-electron chi connectivity index (χ4n) is 1.45. The Morgan fingerprint density at radius 2 is 1.88 bits per heavy atom. The third-order valence-corrected chi connectivity index (χ3v) is 2.75. The molecule has 17 heavy (non-hydrogen) atoms. The summed E-state index contributed by atoms with van der Waals surface area (Å²) >= 11 is 0. The molecule has 5 heteroatoms. The van der Waals surface area contributed by atoms with E-state index in [-0.39, 0.29) is 18.4 Å². The molecule has 0 saturated heterocycles. The predicted molar refractivity (Wildman–Crippen MR) is 66.9 cm³/mol. The highest BCUT2D eigenvalue weighted by Crippen LogP contribution is 2.03. The molecule has 0 saturated carbocycles. The molecule has 5 nitrogen and oxygen atoms in total. The summed E-state index contributed by atoms with van der Waals surface area (Å²) in [7, 11) is 1.75. The quantitative estimate of drug-likeness (QED) is 0.717. The van der Waals surface area contributed by atoms with E-state index in [4.69, 9.17) is 5.11 Å². The van der Waals surface area contributed by atoms with Crippen LogP contribution in [0.4, 0.5) is 4.79 Å². The van der Waals surface area contributed by atoms with Crippen molar-refractivity contribution in [2.45, 2.75) is 33.6 Å². The second kappa shape index (κ2) is 7.92. The summed E-state index contributed by atoms with van der Waals surface area (Å²) in [6.45, 7) is 7.11. The van der Waals surface area contributed by atoms with Gasteiger partial charge < -0.3 is 15.3 Å². The second-order valence-electron chi connectivity index (χ2n) is 4.78. The van der Waals surface area contributed by atoms with Crippen LogP contribution in [0.25, 0.3) is 0 Å². The van der Waals surface area contributed by atoms with Gasteiger partial charge in [0.05, 0.1) is 0 Å². The van der Waals surface area contributed by atoms with Gasteiger partial charge in [0.1, 0.15) is 0 Å². The number of rotatable bonds is 7. The van der Waals surface area contributed by atoms with Crippen molar-refractivity contribution in [1.29, 1.82) is 0 Å². The van der Waals surface area contributed by atoms with Crippen molar-refractivity contribution in [1.82, 2.24) is 10.2 Å². The van der Waals surface area contributed by atoms with E-state index in [0.717, 1.165) is 13.0 Å². The fourth-order valence-corrected chi connectivity index (χ4v) is 1.45. The first kappa shape index (κ1) is 15.7. The lowest BCUT2D eigenvalue weighted by Crippen LogP contribution is -2.41. The summed E-state index contributed by atoms with van der Waals surface area (Å²) in [5.41, 5.74) is 0. The van der Waals surface area contributed by atoms with Crippen LogP contribution in [0.1, 0.15) is 33.6 Å². The minimum absolute atomic E-state index is 0.0477. The van der Waals surface area contributed by atoms with Gasteiger partial charge in [-0.25, -0.2) is 4.79 Å². The van der Waals surface area contributed by atoms with E-state index < -0.39 is 5.97 Å². The van der Waals surface area contributed by atoms with Crippen LogP contribution in [-0.4, -0.2) is 42.1 Å². The van der Waals surface area contributed by atoms with Crippen LogP contribution in [-0.2, 0) is 4.79 Å². The molecule has 0 bridgehead atoms. The van der Waals surface area contributed by atoms with Gasteiger partial charge in [-0.3, -0.25) is 4.79 Å². The van der Waals surface area contributed by atoms with Gasteiger partial charge in [-0.05, 0) is 11.8 Å². The van der Waals surface area contributed by atoms with Crippen LogP contribution in [0.5, 0.6) is 0 Å². The lowest BCUT2D eigenvalue weighted by Gasteiger charge is -2.22. The highest BCUT2D eigenvalue weighted by atomic mass is 16.4. The van der Waals surface area contributed by atoms with Crippen LogP contribution in [0, 0.1) is 11.8 Å². The molecule has 2 N–H and O–H groups in total. The van der Waals surface area contributed by atoms with Gasteiger partial charge in [0.2, 0.25) is 0 Å². The minimum atomic E-state index is -0.834. The summed E-state index contributed by atoms with van der Waals surface area (Å²) < 4.78 is 0. The molecule has 0 aliphatic rings. The molecule has 0 rings (SSSR count). The monoisotopic (exact) mass is 244 g/mol. The number of aliphatic carboxylic acids is 1. The molecule has 2 unspecified atom stereocenters. The summed E-state index contributed by atoms with van der Waals surface area (Å²) in [5.74, 6) is -0.407. The van der Waals surface area contributed by atoms with E-state index in [0.29, 0.717) is 12.5 Å². The van der Waals surface area contributed by atoms with Crippen molar-refractivity contribution in [3.05, 3.63) is 0 Å². The number of carbonyl (C=O) groups excluding carboxylic acids is 1. The molecular weight excluding hydrogens is 220 g/mol. The largest absolute Gasteiger partial charge is 0.481 e. The first-order chi connectivity index (χ1) is 7.86. The summed E-state index contributed by atoms with van der Waals surface area (Å²) in [5, 5.41) is 11.3. The van der Waals surface area contributed by atoms with Crippen molar-refractivity contribution < 1.29 is 14.7 Å². The number of amides is 2. The average molecular weight is 244 g/mol. The Balaban J connectivity index is 3.88. The number of carboxylic acid groups (broad SMARTS) is 1. The predicted octanol–water partition coefficient (Wildman–Crippen LogP) is 1.78. The molecule has 2 amide bonds. The third-order valence-electron chi connectivity index (χ3n) is 2.75. The van der Waals surface area contributed by atoms with Crippen LogP contribution >= 0.6 is 0 Å². The molecule has 0 fully saturated rings. The van der Waals surface area contributed by atoms with Crippen molar-refractivity contribution in [3.63, 3.8) is 0 Å². The first-order valence-electron chi connectivity index (χ1n) is 6.07. The Morgan fingerprint density at radius 1 is 1.29 bits per heavy atom. The van der Waals surface area contributed by atoms with Gasteiger partial charge in [-0.2, -0.15) is 0 Å². The van der Waals surface area contributed by atoms with E-state index in [1.165, 1.54) is 0 Å². The number of carbonyl (C=O) groups is 2.